The van der Waals surface area contributed by atoms with Crippen LogP contribution in [0.2, 0.25) is 0 Å². The van der Waals surface area contributed by atoms with Crippen LogP contribution in [0.25, 0.3) is 0 Å². The van der Waals surface area contributed by atoms with E-state index in [0.717, 1.165) is 12.8 Å². The van der Waals surface area contributed by atoms with Crippen molar-refractivity contribution in [1.82, 2.24) is 9.80 Å². The number of hydrogen-bond acceptors (Lipinski definition) is 5. The molecule has 7 nitrogen and oxygen atoms in total. The Balaban J connectivity index is 4.67. The van der Waals surface area contributed by atoms with E-state index in [0.29, 0.717) is 58.8 Å². The first-order valence-corrected chi connectivity index (χ1v) is 10.6. The lowest BCUT2D eigenvalue weighted by Crippen LogP contribution is -2.51. The number of amides is 2. The summed E-state index contributed by atoms with van der Waals surface area (Å²) >= 11 is 0. The lowest BCUT2D eigenvalue weighted by Gasteiger charge is -2.39. The van der Waals surface area contributed by atoms with Crippen molar-refractivity contribution < 1.29 is 14.3 Å². The second-order valence-corrected chi connectivity index (χ2v) is 8.80. The van der Waals surface area contributed by atoms with E-state index in [9.17, 15) is 9.59 Å². The number of hydrogen-bond donors (Lipinski definition) is 2. The van der Waals surface area contributed by atoms with Crippen molar-refractivity contribution in [2.24, 2.45) is 16.9 Å². The molecule has 0 aliphatic heterocycles. The van der Waals surface area contributed by atoms with Gasteiger partial charge in [0.05, 0.1) is 18.8 Å². The molecule has 0 aliphatic carbocycles. The summed E-state index contributed by atoms with van der Waals surface area (Å²) < 4.78 is 6.02. The average Bonchev–Trinajstić information content (AvgIpc) is 2.60. The van der Waals surface area contributed by atoms with E-state index in [1.165, 1.54) is 0 Å². The van der Waals surface area contributed by atoms with Crippen LogP contribution in [0.1, 0.15) is 67.2 Å². The topological polar surface area (TPSA) is 102 Å². The molecule has 0 aromatic carbocycles. The molecule has 0 radical (unpaired) electrons. The fourth-order valence-electron chi connectivity index (χ4n) is 3.37. The molecule has 4 N–H and O–H groups in total. The minimum atomic E-state index is -0.403. The van der Waals surface area contributed by atoms with Gasteiger partial charge in [-0.1, -0.05) is 13.8 Å². The van der Waals surface area contributed by atoms with Gasteiger partial charge < -0.3 is 26.0 Å². The predicted octanol–water partition coefficient (Wildman–Crippen LogP) is 1.98. The van der Waals surface area contributed by atoms with Crippen molar-refractivity contribution in [1.29, 1.82) is 0 Å². The van der Waals surface area contributed by atoms with Gasteiger partial charge in [0.1, 0.15) is 0 Å². The molecule has 166 valence electrons. The van der Waals surface area contributed by atoms with Gasteiger partial charge in [0, 0.05) is 44.4 Å². The summed E-state index contributed by atoms with van der Waals surface area (Å²) in [5, 5.41) is 0. The molecule has 0 heterocycles. The quantitative estimate of drug-likeness (QED) is 0.409. The maximum absolute atomic E-state index is 12.4. The molecule has 0 aromatic rings. The third kappa shape index (κ3) is 9.85. The van der Waals surface area contributed by atoms with Crippen LogP contribution in [0.4, 0.5) is 0 Å². The van der Waals surface area contributed by atoms with Gasteiger partial charge in [-0.3, -0.25) is 9.59 Å². The molecular formula is C21H44N4O3. The Hall–Kier alpha value is -1.18. The average molecular weight is 401 g/mol. The van der Waals surface area contributed by atoms with Gasteiger partial charge >= 0.3 is 0 Å². The second kappa shape index (κ2) is 13.1. The Kier molecular flexibility index (Phi) is 12.6. The van der Waals surface area contributed by atoms with Gasteiger partial charge in [-0.25, -0.2) is 0 Å². The highest BCUT2D eigenvalue weighted by molar-refractivity contribution is 5.77. The van der Waals surface area contributed by atoms with E-state index < -0.39 is 5.54 Å². The molecule has 7 heteroatoms. The van der Waals surface area contributed by atoms with Gasteiger partial charge in [-0.2, -0.15) is 0 Å². The summed E-state index contributed by atoms with van der Waals surface area (Å²) in [6, 6.07) is 0. The number of ether oxygens (including phenoxy) is 1. The van der Waals surface area contributed by atoms with Crippen LogP contribution in [0.3, 0.4) is 0 Å². The number of rotatable bonds is 15. The van der Waals surface area contributed by atoms with Crippen LogP contribution in [0.5, 0.6) is 0 Å². The Morgan fingerprint density at radius 1 is 0.857 bits per heavy atom. The Morgan fingerprint density at radius 3 is 2.00 bits per heavy atom. The summed E-state index contributed by atoms with van der Waals surface area (Å²) in [5.41, 5.74) is 10.5. The third-order valence-corrected chi connectivity index (χ3v) is 4.85. The molecule has 0 bridgehead atoms. The van der Waals surface area contributed by atoms with Crippen LogP contribution in [-0.4, -0.2) is 73.1 Å². The van der Waals surface area contributed by atoms with Crippen LogP contribution < -0.4 is 11.5 Å². The molecular weight excluding hydrogens is 356 g/mol. The van der Waals surface area contributed by atoms with Gasteiger partial charge in [0.15, 0.2) is 0 Å². The summed E-state index contributed by atoms with van der Waals surface area (Å²) in [4.78, 5) is 28.4. The molecule has 0 aliphatic rings. The van der Waals surface area contributed by atoms with E-state index in [4.69, 9.17) is 16.2 Å². The predicted molar refractivity (Wildman–Crippen MR) is 115 cm³/mol. The van der Waals surface area contributed by atoms with Crippen molar-refractivity contribution >= 4 is 11.8 Å². The largest absolute Gasteiger partial charge is 0.378 e. The number of likely N-dealkylation sites (N-methyl/N-ethyl adjacent to an activating group) is 1. The molecule has 0 atom stereocenters. The van der Waals surface area contributed by atoms with Gasteiger partial charge in [-0.15, -0.1) is 0 Å². The minimum absolute atomic E-state index is 0.0538. The number of carbonyl (C=O) groups is 2. The van der Waals surface area contributed by atoms with Gasteiger partial charge in [-0.05, 0) is 47.1 Å². The SMILES string of the molecule is CCN(CC(C)(C)COCC(C)(C)N(CC)C(=O)CCN)C(=O)CCCCN. The van der Waals surface area contributed by atoms with Crippen molar-refractivity contribution in [2.75, 3.05) is 45.9 Å². The summed E-state index contributed by atoms with van der Waals surface area (Å²) in [5.74, 6) is 0.229. The van der Waals surface area contributed by atoms with E-state index in [1.54, 1.807) is 0 Å². The van der Waals surface area contributed by atoms with Crippen molar-refractivity contribution in [2.45, 2.75) is 72.8 Å². The van der Waals surface area contributed by atoms with Crippen molar-refractivity contribution in [3.63, 3.8) is 0 Å². The van der Waals surface area contributed by atoms with Crippen molar-refractivity contribution in [3.8, 4) is 0 Å². The van der Waals surface area contributed by atoms with Crippen LogP contribution >= 0.6 is 0 Å². The number of carbonyl (C=O) groups excluding carboxylic acids is 2. The summed E-state index contributed by atoms with van der Waals surface area (Å²) in [7, 11) is 0. The van der Waals surface area contributed by atoms with Gasteiger partial charge in [0.2, 0.25) is 11.8 Å². The molecule has 0 aromatic heterocycles. The zero-order valence-electron chi connectivity index (χ0n) is 19.1. The van der Waals surface area contributed by atoms with E-state index >= 15 is 0 Å². The van der Waals surface area contributed by atoms with E-state index in [2.05, 4.69) is 13.8 Å². The summed E-state index contributed by atoms with van der Waals surface area (Å²) in [6.45, 7) is 16.1. The molecule has 0 saturated carbocycles. The molecule has 0 rings (SSSR count). The standard InChI is InChI=1S/C21H44N4O3/c1-7-24(18(26)11-9-10-13-22)15-20(3,4)16-28-17-21(5,6)25(8-2)19(27)12-14-23/h7-17,22-23H2,1-6H3. The maximum Gasteiger partial charge on any atom is 0.224 e. The Morgan fingerprint density at radius 2 is 1.50 bits per heavy atom. The second-order valence-electron chi connectivity index (χ2n) is 8.80. The zero-order valence-corrected chi connectivity index (χ0v) is 19.1. The molecule has 28 heavy (non-hydrogen) atoms. The number of nitrogens with zero attached hydrogens (tertiary/aromatic N) is 2. The van der Waals surface area contributed by atoms with Gasteiger partial charge in [0.25, 0.3) is 0 Å². The number of unbranched alkanes of at least 4 members (excludes halogenated alkanes) is 1. The first kappa shape index (κ1) is 26.8. The summed E-state index contributed by atoms with van der Waals surface area (Å²) in [6.07, 6.45) is 2.60. The molecule has 2 amide bonds. The zero-order chi connectivity index (χ0) is 21.8. The van der Waals surface area contributed by atoms with E-state index in [1.807, 2.05) is 37.5 Å². The molecule has 0 unspecified atom stereocenters. The first-order valence-electron chi connectivity index (χ1n) is 10.6. The lowest BCUT2D eigenvalue weighted by molar-refractivity contribution is -0.140. The third-order valence-electron chi connectivity index (χ3n) is 4.85. The fraction of sp³-hybridized carbons (Fsp3) is 0.905. The molecule has 0 saturated heterocycles. The highest BCUT2D eigenvalue weighted by Gasteiger charge is 2.31. The maximum atomic E-state index is 12.4. The minimum Gasteiger partial charge on any atom is -0.378 e. The van der Waals surface area contributed by atoms with E-state index in [-0.39, 0.29) is 17.2 Å². The van der Waals surface area contributed by atoms with Crippen LogP contribution in [-0.2, 0) is 14.3 Å². The smallest absolute Gasteiger partial charge is 0.224 e. The normalized spacial score (nSPS) is 12.1. The highest BCUT2D eigenvalue weighted by atomic mass is 16.5. The first-order chi connectivity index (χ1) is 13.0. The number of nitrogens with two attached hydrogens (primary N) is 2. The molecule has 0 spiro atoms. The Bertz CT molecular complexity index is 467. The fourth-order valence-corrected chi connectivity index (χ4v) is 3.37. The Labute approximate surface area is 172 Å². The van der Waals surface area contributed by atoms with Crippen LogP contribution in [0, 0.1) is 5.41 Å². The highest BCUT2D eigenvalue weighted by Crippen LogP contribution is 2.21. The van der Waals surface area contributed by atoms with Crippen molar-refractivity contribution in [3.05, 3.63) is 0 Å². The van der Waals surface area contributed by atoms with Crippen LogP contribution in [0.15, 0.2) is 0 Å². The lowest BCUT2D eigenvalue weighted by atomic mass is 9.93. The monoisotopic (exact) mass is 400 g/mol. The molecule has 0 fully saturated rings.